The number of nitrogens with zero attached hydrogens (tertiary/aromatic N) is 5. The second-order valence-corrected chi connectivity index (χ2v) is 13.4. The Morgan fingerprint density at radius 3 is 2.60 bits per heavy atom. The van der Waals surface area contributed by atoms with Gasteiger partial charge in [-0.05, 0) is 57.4 Å². The molecule has 7 rings (SSSR count). The number of hydrogen-bond acceptors (Lipinski definition) is 7. The fraction of sp³-hybridized carbons (Fsp3) is 0.792. The molecule has 0 bridgehead atoms. The van der Waals surface area contributed by atoms with Gasteiger partial charge in [-0.3, -0.25) is 9.69 Å². The fourth-order valence-electron chi connectivity index (χ4n) is 7.13. The van der Waals surface area contributed by atoms with Gasteiger partial charge in [0.15, 0.2) is 0 Å². The zero-order chi connectivity index (χ0) is 23.9. The molecule has 190 valence electrons. The molecule has 4 unspecified atom stereocenters. The zero-order valence-corrected chi connectivity index (χ0v) is 21.1. The molecule has 4 atom stereocenters. The van der Waals surface area contributed by atoms with Gasteiger partial charge in [-0.15, -0.1) is 0 Å². The van der Waals surface area contributed by atoms with Crippen LogP contribution in [0.5, 0.6) is 0 Å². The number of nitrogens with one attached hydrogen (secondary N) is 2. The Balaban J connectivity index is 1.04. The predicted molar refractivity (Wildman–Crippen MR) is 131 cm³/mol. The molecule has 1 amide bonds. The number of anilines is 2. The summed E-state index contributed by atoms with van der Waals surface area (Å²) >= 11 is 0. The summed E-state index contributed by atoms with van der Waals surface area (Å²) in [4.78, 5) is 24.9. The quantitative estimate of drug-likeness (QED) is 0.624. The van der Waals surface area contributed by atoms with E-state index < -0.39 is 10.2 Å². The highest BCUT2D eigenvalue weighted by molar-refractivity contribution is 7.86. The van der Waals surface area contributed by atoms with Crippen LogP contribution in [0.15, 0.2) is 6.20 Å². The van der Waals surface area contributed by atoms with Crippen LogP contribution in [-0.2, 0) is 20.4 Å². The number of piperidine rings is 1. The van der Waals surface area contributed by atoms with Crippen molar-refractivity contribution in [1.82, 2.24) is 23.9 Å². The van der Waals surface area contributed by atoms with Crippen LogP contribution >= 0.6 is 0 Å². The Labute approximate surface area is 207 Å². The normalized spacial score (nSPS) is 34.8. The molecular weight excluding hydrogens is 466 g/mol. The second kappa shape index (κ2) is 7.84. The van der Waals surface area contributed by atoms with E-state index in [-0.39, 0.29) is 29.4 Å². The van der Waals surface area contributed by atoms with Crippen molar-refractivity contribution in [2.45, 2.75) is 87.9 Å². The van der Waals surface area contributed by atoms with Gasteiger partial charge in [0, 0.05) is 55.6 Å². The number of carbonyl (C=O) groups excluding carboxylic acids is 1. The highest BCUT2D eigenvalue weighted by atomic mass is 32.2. The topological polar surface area (TPSA) is 111 Å². The van der Waals surface area contributed by atoms with E-state index in [1.807, 2.05) is 11.1 Å². The monoisotopic (exact) mass is 501 g/mol. The Morgan fingerprint density at radius 2 is 1.91 bits per heavy atom. The number of amides is 1. The molecule has 2 aliphatic carbocycles. The maximum absolute atomic E-state index is 13.4. The third kappa shape index (κ3) is 3.30. The molecule has 6 aliphatic rings. The number of rotatable bonds is 5. The lowest BCUT2D eigenvalue weighted by Gasteiger charge is -2.45. The first-order chi connectivity index (χ1) is 16.9. The Hall–Kier alpha value is -1.82. The van der Waals surface area contributed by atoms with Crippen LogP contribution in [0.25, 0.3) is 0 Å². The van der Waals surface area contributed by atoms with E-state index in [1.54, 1.807) is 8.61 Å². The van der Waals surface area contributed by atoms with Gasteiger partial charge in [0.05, 0.1) is 5.41 Å². The molecule has 2 N–H and O–H groups in total. The highest BCUT2D eigenvalue weighted by Gasteiger charge is 2.62. The molecule has 5 heterocycles. The number of hydrogen-bond donors (Lipinski definition) is 2. The first-order valence-electron chi connectivity index (χ1n) is 13.4. The van der Waals surface area contributed by atoms with Gasteiger partial charge in [-0.2, -0.15) is 22.0 Å². The van der Waals surface area contributed by atoms with E-state index in [9.17, 15) is 13.2 Å². The SMILES string of the molecule is CC1CCCC1N1C(=O)C2(CC2)c2cnc(NC3CCN(S(=O)(=O)N4CC5NCCC54)CC3)nc21. The van der Waals surface area contributed by atoms with Crippen molar-refractivity contribution in [2.75, 3.05) is 36.4 Å². The third-order valence-electron chi connectivity index (χ3n) is 9.51. The van der Waals surface area contributed by atoms with Crippen molar-refractivity contribution >= 4 is 27.9 Å². The molecule has 4 aliphatic heterocycles. The lowest BCUT2D eigenvalue weighted by molar-refractivity contribution is -0.120. The molecule has 11 heteroatoms. The summed E-state index contributed by atoms with van der Waals surface area (Å²) in [6.45, 7) is 4.73. The molecule has 10 nitrogen and oxygen atoms in total. The highest BCUT2D eigenvalue weighted by Crippen LogP contribution is 2.58. The van der Waals surface area contributed by atoms with Crippen LogP contribution < -0.4 is 15.5 Å². The van der Waals surface area contributed by atoms with Crippen molar-refractivity contribution in [3.8, 4) is 0 Å². The van der Waals surface area contributed by atoms with Crippen LogP contribution in [0.3, 0.4) is 0 Å². The average molecular weight is 502 g/mol. The summed E-state index contributed by atoms with van der Waals surface area (Å²) in [5, 5.41) is 6.83. The first kappa shape index (κ1) is 22.4. The number of carbonyl (C=O) groups is 1. The smallest absolute Gasteiger partial charge is 0.282 e. The lowest BCUT2D eigenvalue weighted by atomic mass is 10.0. The van der Waals surface area contributed by atoms with E-state index in [4.69, 9.17) is 4.98 Å². The third-order valence-corrected chi connectivity index (χ3v) is 11.5. The molecule has 1 aromatic rings. The first-order valence-corrected chi connectivity index (χ1v) is 14.8. The van der Waals surface area contributed by atoms with Gasteiger partial charge in [0.1, 0.15) is 5.82 Å². The van der Waals surface area contributed by atoms with Crippen LogP contribution in [-0.4, -0.2) is 83.2 Å². The van der Waals surface area contributed by atoms with E-state index in [0.29, 0.717) is 50.4 Å². The summed E-state index contributed by atoms with van der Waals surface area (Å²) < 4.78 is 29.6. The molecule has 1 aromatic heterocycles. The molecule has 1 spiro atoms. The van der Waals surface area contributed by atoms with Gasteiger partial charge < -0.3 is 10.6 Å². The zero-order valence-electron chi connectivity index (χ0n) is 20.3. The Bertz CT molecular complexity index is 1150. The summed E-state index contributed by atoms with van der Waals surface area (Å²) in [5.74, 6) is 2.07. The minimum absolute atomic E-state index is 0.114. The van der Waals surface area contributed by atoms with Gasteiger partial charge in [0.2, 0.25) is 11.9 Å². The van der Waals surface area contributed by atoms with Crippen LogP contribution in [0, 0.1) is 5.92 Å². The van der Waals surface area contributed by atoms with Crippen LogP contribution in [0.4, 0.5) is 11.8 Å². The standard InChI is InChI=1S/C24H35N7O3S/c1-15-3-2-4-19(15)31-21-17(24(8-9-24)22(31)32)13-26-23(28-21)27-16-6-11-29(12-7-16)35(33,34)30-14-18-20(30)5-10-25-18/h13,15-16,18-20,25H,2-12,14H2,1H3,(H,26,27,28). The van der Waals surface area contributed by atoms with Crippen molar-refractivity contribution in [2.24, 2.45) is 5.92 Å². The molecular formula is C24H35N7O3S. The Kier molecular flexibility index (Phi) is 5.01. The lowest BCUT2D eigenvalue weighted by Crippen LogP contribution is -2.65. The Morgan fingerprint density at radius 1 is 1.11 bits per heavy atom. The van der Waals surface area contributed by atoms with E-state index in [2.05, 4.69) is 22.5 Å². The average Bonchev–Trinajstić information content (AvgIpc) is 3.33. The van der Waals surface area contributed by atoms with Crippen molar-refractivity contribution in [1.29, 1.82) is 0 Å². The van der Waals surface area contributed by atoms with E-state index in [0.717, 1.165) is 56.5 Å². The molecule has 5 fully saturated rings. The van der Waals surface area contributed by atoms with Gasteiger partial charge in [-0.25, -0.2) is 4.98 Å². The van der Waals surface area contributed by atoms with E-state index in [1.165, 1.54) is 0 Å². The second-order valence-electron chi connectivity index (χ2n) is 11.5. The fourth-order valence-corrected chi connectivity index (χ4v) is 9.05. The summed E-state index contributed by atoms with van der Waals surface area (Å²) in [7, 11) is -3.39. The molecule has 0 radical (unpaired) electrons. The molecule has 0 aromatic carbocycles. The number of fused-ring (bicyclic) bond motifs is 3. The van der Waals surface area contributed by atoms with Gasteiger partial charge in [0.25, 0.3) is 10.2 Å². The maximum Gasteiger partial charge on any atom is 0.282 e. The van der Waals surface area contributed by atoms with Crippen molar-refractivity contribution in [3.63, 3.8) is 0 Å². The van der Waals surface area contributed by atoms with E-state index >= 15 is 0 Å². The van der Waals surface area contributed by atoms with Gasteiger partial charge >= 0.3 is 0 Å². The van der Waals surface area contributed by atoms with Crippen LogP contribution in [0.2, 0.25) is 0 Å². The molecule has 35 heavy (non-hydrogen) atoms. The summed E-state index contributed by atoms with van der Waals surface area (Å²) in [6.07, 6.45) is 9.34. The predicted octanol–water partition coefficient (Wildman–Crippen LogP) is 1.21. The number of aromatic nitrogens is 2. The summed E-state index contributed by atoms with van der Waals surface area (Å²) in [6, 6.07) is 0.796. The largest absolute Gasteiger partial charge is 0.351 e. The molecule has 3 saturated heterocycles. The van der Waals surface area contributed by atoms with Gasteiger partial charge in [-0.1, -0.05) is 13.3 Å². The minimum Gasteiger partial charge on any atom is -0.351 e. The van der Waals surface area contributed by atoms with Crippen LogP contribution in [0.1, 0.15) is 63.9 Å². The van der Waals surface area contributed by atoms with Crippen molar-refractivity contribution < 1.29 is 13.2 Å². The van der Waals surface area contributed by atoms with Crippen molar-refractivity contribution in [3.05, 3.63) is 11.8 Å². The minimum atomic E-state index is -3.39. The molecule has 2 saturated carbocycles. The maximum atomic E-state index is 13.4. The summed E-state index contributed by atoms with van der Waals surface area (Å²) in [5.41, 5.74) is 0.628.